The van der Waals surface area contributed by atoms with Crippen LogP contribution in [0.5, 0.6) is 0 Å². The fourth-order valence-corrected chi connectivity index (χ4v) is 4.02. The number of nitrogens with zero attached hydrogens (tertiary/aromatic N) is 1. The topological polar surface area (TPSA) is 54.0 Å². The highest BCUT2D eigenvalue weighted by molar-refractivity contribution is 7.10. The second kappa shape index (κ2) is 5.24. The van der Waals surface area contributed by atoms with Crippen LogP contribution in [0.25, 0.3) is 11.3 Å². The Bertz CT molecular complexity index is 689. The Morgan fingerprint density at radius 1 is 1.33 bits per heavy atom. The molecule has 0 spiro atoms. The van der Waals surface area contributed by atoms with Crippen molar-refractivity contribution in [1.82, 2.24) is 10.3 Å². The zero-order valence-electron chi connectivity index (χ0n) is 11.7. The van der Waals surface area contributed by atoms with Crippen LogP contribution in [0.2, 0.25) is 0 Å². The molecular formula is C16H17N3OS. The number of nitrogens with one attached hydrogen (secondary N) is 2. The number of benzene rings is 1. The van der Waals surface area contributed by atoms with Crippen LogP contribution in [-0.4, -0.2) is 24.0 Å². The van der Waals surface area contributed by atoms with Crippen LogP contribution in [0.1, 0.15) is 29.3 Å². The maximum absolute atomic E-state index is 11.4. The van der Waals surface area contributed by atoms with E-state index in [1.165, 1.54) is 17.8 Å². The molecule has 0 bridgehead atoms. The zero-order valence-corrected chi connectivity index (χ0v) is 12.5. The van der Waals surface area contributed by atoms with Crippen molar-refractivity contribution >= 4 is 22.9 Å². The number of amides is 1. The van der Waals surface area contributed by atoms with Gasteiger partial charge in [0.05, 0.1) is 17.1 Å². The molecule has 4 nitrogen and oxygen atoms in total. The molecule has 4 rings (SSSR count). The van der Waals surface area contributed by atoms with E-state index in [2.05, 4.69) is 22.1 Å². The third-order valence-corrected chi connectivity index (χ3v) is 5.20. The lowest BCUT2D eigenvalue weighted by Crippen LogP contribution is -2.28. The SMILES string of the molecule is O=C1Cc2cc(-c3csc(C4CCCNC4)n3)ccc2N1. The van der Waals surface area contributed by atoms with Gasteiger partial charge in [-0.1, -0.05) is 6.07 Å². The minimum atomic E-state index is 0.0781. The maximum atomic E-state index is 11.4. The van der Waals surface area contributed by atoms with Gasteiger partial charge in [0.25, 0.3) is 0 Å². The number of hydrogen-bond acceptors (Lipinski definition) is 4. The molecule has 0 saturated carbocycles. The van der Waals surface area contributed by atoms with Gasteiger partial charge >= 0.3 is 0 Å². The number of carbonyl (C=O) groups is 1. The van der Waals surface area contributed by atoms with Gasteiger partial charge in [-0.25, -0.2) is 4.98 Å². The van der Waals surface area contributed by atoms with Gasteiger partial charge in [0.1, 0.15) is 0 Å². The number of carbonyl (C=O) groups excluding carboxylic acids is 1. The second-order valence-electron chi connectivity index (χ2n) is 5.71. The lowest BCUT2D eigenvalue weighted by molar-refractivity contribution is -0.115. The average molecular weight is 299 g/mol. The van der Waals surface area contributed by atoms with E-state index in [1.807, 2.05) is 12.1 Å². The summed E-state index contributed by atoms with van der Waals surface area (Å²) < 4.78 is 0. The maximum Gasteiger partial charge on any atom is 0.228 e. The first-order chi connectivity index (χ1) is 10.3. The standard InChI is InChI=1S/C16H17N3OS/c20-15-7-12-6-10(3-4-13(12)18-15)14-9-21-16(19-14)11-2-1-5-17-8-11/h3-4,6,9,11,17H,1-2,5,7-8H2,(H,18,20). The molecule has 0 aliphatic carbocycles. The summed E-state index contributed by atoms with van der Waals surface area (Å²) in [7, 11) is 0. The van der Waals surface area contributed by atoms with Crippen LogP contribution >= 0.6 is 11.3 Å². The van der Waals surface area contributed by atoms with Gasteiger partial charge in [0.2, 0.25) is 5.91 Å². The van der Waals surface area contributed by atoms with Gasteiger partial charge in [-0.3, -0.25) is 4.79 Å². The molecule has 21 heavy (non-hydrogen) atoms. The Kier molecular flexibility index (Phi) is 3.24. The predicted octanol–water partition coefficient (Wildman–Crippen LogP) is 2.77. The molecule has 0 radical (unpaired) electrons. The molecular weight excluding hydrogens is 282 g/mol. The molecule has 2 aromatic rings. The summed E-state index contributed by atoms with van der Waals surface area (Å²) in [4.78, 5) is 16.2. The van der Waals surface area contributed by atoms with Gasteiger partial charge in [-0.2, -0.15) is 0 Å². The van der Waals surface area contributed by atoms with Gasteiger partial charge in [0.15, 0.2) is 0 Å². The normalized spacial score (nSPS) is 21.1. The summed E-state index contributed by atoms with van der Waals surface area (Å²) in [6.07, 6.45) is 2.93. The number of aromatic nitrogens is 1. The van der Waals surface area contributed by atoms with Gasteiger partial charge in [-0.05, 0) is 37.1 Å². The van der Waals surface area contributed by atoms with Crippen molar-refractivity contribution in [2.45, 2.75) is 25.2 Å². The van der Waals surface area contributed by atoms with Crippen molar-refractivity contribution in [2.75, 3.05) is 18.4 Å². The van der Waals surface area contributed by atoms with E-state index in [-0.39, 0.29) is 5.91 Å². The van der Waals surface area contributed by atoms with Crippen molar-refractivity contribution in [3.05, 3.63) is 34.2 Å². The third-order valence-electron chi connectivity index (χ3n) is 4.19. The van der Waals surface area contributed by atoms with E-state index in [1.54, 1.807) is 11.3 Å². The number of rotatable bonds is 2. The first-order valence-electron chi connectivity index (χ1n) is 7.39. The molecule has 2 aliphatic rings. The van der Waals surface area contributed by atoms with Crippen LogP contribution in [-0.2, 0) is 11.2 Å². The quantitative estimate of drug-likeness (QED) is 0.896. The number of piperidine rings is 1. The highest BCUT2D eigenvalue weighted by Gasteiger charge is 2.21. The number of thiazole rings is 1. The van der Waals surface area contributed by atoms with E-state index >= 15 is 0 Å². The first kappa shape index (κ1) is 13.0. The lowest BCUT2D eigenvalue weighted by Gasteiger charge is -2.20. The smallest absolute Gasteiger partial charge is 0.228 e. The Morgan fingerprint density at radius 3 is 3.14 bits per heavy atom. The highest BCUT2D eigenvalue weighted by atomic mass is 32.1. The molecule has 1 aromatic carbocycles. The molecule has 2 N–H and O–H groups in total. The fourth-order valence-electron chi connectivity index (χ4n) is 3.06. The molecule has 1 fully saturated rings. The van der Waals surface area contributed by atoms with Crippen molar-refractivity contribution in [2.24, 2.45) is 0 Å². The highest BCUT2D eigenvalue weighted by Crippen LogP contribution is 2.32. The van der Waals surface area contributed by atoms with Crippen LogP contribution in [0.15, 0.2) is 23.6 Å². The Labute approximate surface area is 127 Å². The van der Waals surface area contributed by atoms with Crippen molar-refractivity contribution < 1.29 is 4.79 Å². The van der Waals surface area contributed by atoms with Crippen molar-refractivity contribution in [1.29, 1.82) is 0 Å². The molecule has 1 aromatic heterocycles. The lowest BCUT2D eigenvalue weighted by atomic mass is 10.0. The molecule has 5 heteroatoms. The van der Waals surface area contributed by atoms with E-state index in [0.29, 0.717) is 12.3 Å². The van der Waals surface area contributed by atoms with Gasteiger partial charge in [-0.15, -0.1) is 11.3 Å². The molecule has 1 unspecified atom stereocenters. The Balaban J connectivity index is 1.61. The van der Waals surface area contributed by atoms with Crippen molar-refractivity contribution in [3.8, 4) is 11.3 Å². The second-order valence-corrected chi connectivity index (χ2v) is 6.60. The monoisotopic (exact) mass is 299 g/mol. The minimum absolute atomic E-state index is 0.0781. The summed E-state index contributed by atoms with van der Waals surface area (Å²) in [6.45, 7) is 2.16. The Hall–Kier alpha value is -1.72. The number of hydrogen-bond donors (Lipinski definition) is 2. The third kappa shape index (κ3) is 2.47. The molecule has 2 aliphatic heterocycles. The number of fused-ring (bicyclic) bond motifs is 1. The van der Waals surface area contributed by atoms with Crippen LogP contribution in [0, 0.1) is 0 Å². The molecule has 3 heterocycles. The van der Waals surface area contributed by atoms with E-state index < -0.39 is 0 Å². The summed E-state index contributed by atoms with van der Waals surface area (Å²) in [6, 6.07) is 6.12. The summed E-state index contributed by atoms with van der Waals surface area (Å²) in [5.74, 6) is 0.629. The average Bonchev–Trinajstić information content (AvgIpc) is 3.12. The fraction of sp³-hybridized carbons (Fsp3) is 0.375. The molecule has 1 amide bonds. The first-order valence-corrected chi connectivity index (χ1v) is 8.27. The van der Waals surface area contributed by atoms with Crippen LogP contribution < -0.4 is 10.6 Å². The summed E-state index contributed by atoms with van der Waals surface area (Å²) >= 11 is 1.75. The zero-order chi connectivity index (χ0) is 14.2. The van der Waals surface area contributed by atoms with E-state index in [0.717, 1.165) is 35.6 Å². The molecule has 1 saturated heterocycles. The number of anilines is 1. The van der Waals surface area contributed by atoms with E-state index in [4.69, 9.17) is 4.98 Å². The predicted molar refractivity (Wildman–Crippen MR) is 84.7 cm³/mol. The summed E-state index contributed by atoms with van der Waals surface area (Å²) in [5.41, 5.74) is 4.15. The Morgan fingerprint density at radius 2 is 2.29 bits per heavy atom. The van der Waals surface area contributed by atoms with Gasteiger partial charge < -0.3 is 10.6 Å². The minimum Gasteiger partial charge on any atom is -0.326 e. The largest absolute Gasteiger partial charge is 0.326 e. The van der Waals surface area contributed by atoms with Crippen LogP contribution in [0.3, 0.4) is 0 Å². The molecule has 1 atom stereocenters. The van der Waals surface area contributed by atoms with E-state index in [9.17, 15) is 4.79 Å². The van der Waals surface area contributed by atoms with Gasteiger partial charge in [0, 0.05) is 29.1 Å². The molecule has 108 valence electrons. The van der Waals surface area contributed by atoms with Crippen molar-refractivity contribution in [3.63, 3.8) is 0 Å². The summed E-state index contributed by atoms with van der Waals surface area (Å²) in [5, 5.41) is 9.67. The van der Waals surface area contributed by atoms with Crippen LogP contribution in [0.4, 0.5) is 5.69 Å².